The summed E-state index contributed by atoms with van der Waals surface area (Å²) in [6.07, 6.45) is 0.768. The van der Waals surface area contributed by atoms with Crippen molar-refractivity contribution >= 4 is 14.0 Å². The topological polar surface area (TPSA) is 29.1 Å². The summed E-state index contributed by atoms with van der Waals surface area (Å²) in [5.41, 5.74) is 3.23. The number of nitrogens with one attached hydrogen (secondary N) is 1. The fourth-order valence-corrected chi connectivity index (χ4v) is 1.28. The van der Waals surface area contributed by atoms with Crippen LogP contribution in [0, 0.1) is 11.5 Å². The van der Waals surface area contributed by atoms with Gasteiger partial charge in [-0.15, -0.1) is 11.5 Å². The molecule has 68 valence electrons. The van der Waals surface area contributed by atoms with E-state index in [2.05, 4.69) is 36.4 Å². The minimum atomic E-state index is -1.21. The van der Waals surface area contributed by atoms with E-state index in [1.807, 2.05) is 0 Å². The molecule has 0 spiro atoms. The Labute approximate surface area is 75.8 Å². The number of hydrogen-bond donors (Lipinski definition) is 1. The van der Waals surface area contributed by atoms with E-state index in [1.165, 1.54) is 6.92 Å². The molecule has 0 saturated carbocycles. The first kappa shape index (κ1) is 11.2. The zero-order valence-electron chi connectivity index (χ0n) is 8.32. The molecular weight excluding hydrogens is 166 g/mol. The zero-order chi connectivity index (χ0) is 9.61. The lowest BCUT2D eigenvalue weighted by Crippen LogP contribution is -2.21. The molecule has 0 fully saturated rings. The highest BCUT2D eigenvalue weighted by Gasteiger charge is 2.06. The first-order chi connectivity index (χ1) is 5.42. The number of hydrogen-bond acceptors (Lipinski definition) is 1. The van der Waals surface area contributed by atoms with Crippen LogP contribution in [0.15, 0.2) is 0 Å². The molecule has 0 saturated heterocycles. The van der Waals surface area contributed by atoms with Crippen LogP contribution in [0.2, 0.25) is 19.6 Å². The van der Waals surface area contributed by atoms with Crippen molar-refractivity contribution in [3.63, 3.8) is 0 Å². The second kappa shape index (κ2) is 4.99. The molecule has 1 amide bonds. The Bertz CT molecular complexity index is 207. The standard InChI is InChI=1S/C9H17NOSi/c1-9(11)10-7-5-6-8-12(2,3)4/h5,7H2,1-4H3,(H,10,11). The van der Waals surface area contributed by atoms with Gasteiger partial charge in [0.05, 0.1) is 0 Å². The van der Waals surface area contributed by atoms with E-state index in [0.717, 1.165) is 6.42 Å². The highest BCUT2D eigenvalue weighted by atomic mass is 28.3. The summed E-state index contributed by atoms with van der Waals surface area (Å²) in [5, 5.41) is 2.71. The molecule has 3 heteroatoms. The largest absolute Gasteiger partial charge is 0.355 e. The van der Waals surface area contributed by atoms with Crippen molar-refractivity contribution < 1.29 is 4.79 Å². The van der Waals surface area contributed by atoms with E-state index < -0.39 is 8.07 Å². The van der Waals surface area contributed by atoms with Crippen molar-refractivity contribution in [2.45, 2.75) is 33.0 Å². The van der Waals surface area contributed by atoms with Gasteiger partial charge in [-0.1, -0.05) is 19.6 Å². The van der Waals surface area contributed by atoms with Crippen LogP contribution in [0.3, 0.4) is 0 Å². The smallest absolute Gasteiger partial charge is 0.216 e. The molecule has 0 aliphatic rings. The molecule has 0 aromatic heterocycles. The highest BCUT2D eigenvalue weighted by Crippen LogP contribution is 1.96. The van der Waals surface area contributed by atoms with Crippen LogP contribution < -0.4 is 5.32 Å². The van der Waals surface area contributed by atoms with E-state index in [-0.39, 0.29) is 5.91 Å². The van der Waals surface area contributed by atoms with E-state index in [9.17, 15) is 4.79 Å². The third kappa shape index (κ3) is 9.25. The molecule has 0 atom stereocenters. The maximum Gasteiger partial charge on any atom is 0.216 e. The molecule has 0 aromatic carbocycles. The Balaban J connectivity index is 3.53. The van der Waals surface area contributed by atoms with Gasteiger partial charge in [0.15, 0.2) is 0 Å². The molecule has 0 radical (unpaired) electrons. The molecule has 12 heavy (non-hydrogen) atoms. The Morgan fingerprint density at radius 3 is 2.42 bits per heavy atom. The van der Waals surface area contributed by atoms with Crippen molar-refractivity contribution in [2.75, 3.05) is 6.54 Å². The molecule has 0 rings (SSSR count). The predicted molar refractivity (Wildman–Crippen MR) is 54.4 cm³/mol. The lowest BCUT2D eigenvalue weighted by atomic mass is 10.4. The van der Waals surface area contributed by atoms with E-state index in [1.54, 1.807) is 0 Å². The second-order valence-electron chi connectivity index (χ2n) is 3.78. The Morgan fingerprint density at radius 2 is 2.00 bits per heavy atom. The number of carbonyl (C=O) groups excluding carboxylic acids is 1. The summed E-state index contributed by atoms with van der Waals surface area (Å²) in [6.45, 7) is 8.81. The molecule has 0 bridgehead atoms. The van der Waals surface area contributed by atoms with Gasteiger partial charge in [0.2, 0.25) is 5.91 Å². The fraction of sp³-hybridized carbons (Fsp3) is 0.667. The van der Waals surface area contributed by atoms with Crippen LogP contribution in [-0.2, 0) is 4.79 Å². The van der Waals surface area contributed by atoms with Gasteiger partial charge in [0.25, 0.3) is 0 Å². The van der Waals surface area contributed by atoms with Crippen molar-refractivity contribution in [2.24, 2.45) is 0 Å². The van der Waals surface area contributed by atoms with Gasteiger partial charge in [-0.2, -0.15) is 0 Å². The molecule has 0 aliphatic heterocycles. The van der Waals surface area contributed by atoms with Crippen LogP contribution in [0.4, 0.5) is 0 Å². The SMILES string of the molecule is CC(=O)NCCC#C[Si](C)(C)C. The molecule has 0 unspecified atom stereocenters. The first-order valence-corrected chi connectivity index (χ1v) is 7.66. The molecule has 1 N–H and O–H groups in total. The summed E-state index contributed by atoms with van der Waals surface area (Å²) >= 11 is 0. The lowest BCUT2D eigenvalue weighted by molar-refractivity contribution is -0.118. The van der Waals surface area contributed by atoms with Crippen molar-refractivity contribution in [1.29, 1.82) is 0 Å². The maximum absolute atomic E-state index is 10.5. The Morgan fingerprint density at radius 1 is 1.42 bits per heavy atom. The summed E-state index contributed by atoms with van der Waals surface area (Å²) in [4.78, 5) is 10.5. The van der Waals surface area contributed by atoms with Crippen LogP contribution in [0.1, 0.15) is 13.3 Å². The summed E-state index contributed by atoms with van der Waals surface area (Å²) in [5.74, 6) is 3.10. The minimum Gasteiger partial charge on any atom is -0.355 e. The first-order valence-electron chi connectivity index (χ1n) is 4.16. The van der Waals surface area contributed by atoms with Gasteiger partial charge in [-0.3, -0.25) is 4.79 Å². The van der Waals surface area contributed by atoms with E-state index in [0.29, 0.717) is 6.54 Å². The predicted octanol–water partition coefficient (Wildman–Crippen LogP) is 1.39. The average Bonchev–Trinajstić information content (AvgIpc) is 1.83. The van der Waals surface area contributed by atoms with Crippen molar-refractivity contribution in [3.05, 3.63) is 0 Å². The third-order valence-corrected chi connectivity index (χ3v) is 2.01. The van der Waals surface area contributed by atoms with Gasteiger partial charge in [-0.05, 0) is 0 Å². The number of rotatable bonds is 2. The normalized spacial score (nSPS) is 10.0. The maximum atomic E-state index is 10.5. The minimum absolute atomic E-state index is 0.0183. The average molecular weight is 183 g/mol. The highest BCUT2D eigenvalue weighted by molar-refractivity contribution is 6.83. The lowest BCUT2D eigenvalue weighted by Gasteiger charge is -2.03. The second-order valence-corrected chi connectivity index (χ2v) is 8.53. The molecule has 0 heterocycles. The van der Waals surface area contributed by atoms with Crippen LogP contribution in [0.25, 0.3) is 0 Å². The van der Waals surface area contributed by atoms with Crippen molar-refractivity contribution in [1.82, 2.24) is 5.32 Å². The molecule has 2 nitrogen and oxygen atoms in total. The van der Waals surface area contributed by atoms with Gasteiger partial charge < -0.3 is 5.32 Å². The fourth-order valence-electron chi connectivity index (χ4n) is 0.629. The molecular formula is C9H17NOSi. The molecule has 0 aliphatic carbocycles. The van der Waals surface area contributed by atoms with Crippen LogP contribution >= 0.6 is 0 Å². The monoisotopic (exact) mass is 183 g/mol. The van der Waals surface area contributed by atoms with E-state index in [4.69, 9.17) is 0 Å². The van der Waals surface area contributed by atoms with Gasteiger partial charge in [0, 0.05) is 19.9 Å². The summed E-state index contributed by atoms with van der Waals surface area (Å²) in [6, 6.07) is 0. The quantitative estimate of drug-likeness (QED) is 0.391. The van der Waals surface area contributed by atoms with Crippen LogP contribution in [0.5, 0.6) is 0 Å². The molecule has 0 aromatic rings. The Kier molecular flexibility index (Phi) is 4.68. The van der Waals surface area contributed by atoms with Gasteiger partial charge >= 0.3 is 0 Å². The number of carbonyl (C=O) groups is 1. The van der Waals surface area contributed by atoms with Gasteiger partial charge in [0.1, 0.15) is 8.07 Å². The van der Waals surface area contributed by atoms with E-state index >= 15 is 0 Å². The van der Waals surface area contributed by atoms with Crippen molar-refractivity contribution in [3.8, 4) is 11.5 Å². The third-order valence-electron chi connectivity index (χ3n) is 1.09. The zero-order valence-corrected chi connectivity index (χ0v) is 9.32. The Hall–Kier alpha value is -0.753. The van der Waals surface area contributed by atoms with Crippen LogP contribution in [-0.4, -0.2) is 20.5 Å². The summed E-state index contributed by atoms with van der Waals surface area (Å²) < 4.78 is 0. The van der Waals surface area contributed by atoms with Gasteiger partial charge in [-0.25, -0.2) is 0 Å². The summed E-state index contributed by atoms with van der Waals surface area (Å²) in [7, 11) is -1.21. The number of amides is 1.